The van der Waals surface area contributed by atoms with Gasteiger partial charge in [0.1, 0.15) is 12.2 Å². The van der Waals surface area contributed by atoms with Gasteiger partial charge in [-0.2, -0.15) is 5.10 Å². The molecule has 4 heteroatoms. The van der Waals surface area contributed by atoms with Gasteiger partial charge < -0.3 is 4.74 Å². The molecule has 0 amide bonds. The maximum absolute atomic E-state index is 12.1. The molecule has 0 aliphatic heterocycles. The summed E-state index contributed by atoms with van der Waals surface area (Å²) in [4.78, 5) is 12.1. The number of carbonyl (C=O) groups is 1. The van der Waals surface area contributed by atoms with Crippen molar-refractivity contribution in [3.63, 3.8) is 0 Å². The third-order valence-corrected chi connectivity index (χ3v) is 3.13. The number of rotatable bonds is 6. The first-order valence-electron chi connectivity index (χ1n) is 7.02. The first-order valence-corrected chi connectivity index (χ1v) is 7.02. The van der Waals surface area contributed by atoms with Crippen molar-refractivity contribution in [1.82, 2.24) is 9.78 Å². The normalized spacial score (nSPS) is 10.4. The Kier molecular flexibility index (Phi) is 4.93. The van der Waals surface area contributed by atoms with Crippen molar-refractivity contribution in [2.24, 2.45) is 0 Å². The fourth-order valence-electron chi connectivity index (χ4n) is 2.11. The summed E-state index contributed by atoms with van der Waals surface area (Å²) in [7, 11) is 0. The van der Waals surface area contributed by atoms with Crippen LogP contribution in [0.3, 0.4) is 0 Å². The largest absolute Gasteiger partial charge is 0.458 e. The van der Waals surface area contributed by atoms with Crippen LogP contribution in [-0.2, 0) is 17.7 Å². The molecule has 0 bridgehead atoms. The highest BCUT2D eigenvalue weighted by molar-refractivity contribution is 5.90. The third kappa shape index (κ3) is 3.81. The van der Waals surface area contributed by atoms with Crippen LogP contribution < -0.4 is 0 Å². The summed E-state index contributed by atoms with van der Waals surface area (Å²) < 4.78 is 7.06. The monoisotopic (exact) mass is 284 g/mol. The Balaban J connectivity index is 2.18. The zero-order chi connectivity index (χ0) is 15.2. The molecular formula is C17H20N2O2. The Bertz CT molecular complexity index is 629. The Morgan fingerprint density at radius 2 is 2.05 bits per heavy atom. The molecule has 0 aliphatic carbocycles. The topological polar surface area (TPSA) is 44.1 Å². The summed E-state index contributed by atoms with van der Waals surface area (Å²) in [5, 5.41) is 4.32. The number of benzene rings is 1. The zero-order valence-electron chi connectivity index (χ0n) is 12.5. The van der Waals surface area contributed by atoms with Crippen molar-refractivity contribution in [2.45, 2.75) is 26.8 Å². The molecule has 110 valence electrons. The van der Waals surface area contributed by atoms with Crippen LogP contribution in [0.25, 0.3) is 0 Å². The Morgan fingerprint density at radius 1 is 1.33 bits per heavy atom. The van der Waals surface area contributed by atoms with Gasteiger partial charge in [0.05, 0.1) is 18.4 Å². The molecule has 0 radical (unpaired) electrons. The number of carbonyl (C=O) groups excluding carboxylic acids is 1. The van der Waals surface area contributed by atoms with E-state index in [0.29, 0.717) is 12.1 Å². The maximum Gasteiger partial charge on any atom is 0.341 e. The van der Waals surface area contributed by atoms with Gasteiger partial charge in [0.15, 0.2) is 0 Å². The smallest absolute Gasteiger partial charge is 0.341 e. The van der Waals surface area contributed by atoms with Crippen molar-refractivity contribution in [2.75, 3.05) is 6.61 Å². The van der Waals surface area contributed by atoms with Gasteiger partial charge >= 0.3 is 5.97 Å². The molecule has 2 rings (SSSR count). The molecule has 0 fully saturated rings. The van der Waals surface area contributed by atoms with Crippen molar-refractivity contribution < 1.29 is 9.53 Å². The van der Waals surface area contributed by atoms with Crippen molar-refractivity contribution in [3.8, 4) is 0 Å². The molecule has 2 aromatic rings. The minimum absolute atomic E-state index is 0.242. The highest BCUT2D eigenvalue weighted by atomic mass is 16.5. The van der Waals surface area contributed by atoms with Gasteiger partial charge in [0, 0.05) is 0 Å². The lowest BCUT2D eigenvalue weighted by molar-refractivity contribution is 0.0539. The third-order valence-electron chi connectivity index (χ3n) is 3.13. The van der Waals surface area contributed by atoms with Gasteiger partial charge in [0.25, 0.3) is 0 Å². The van der Waals surface area contributed by atoms with E-state index < -0.39 is 0 Å². The van der Waals surface area contributed by atoms with Gasteiger partial charge in [-0.05, 0) is 24.5 Å². The van der Waals surface area contributed by atoms with E-state index in [4.69, 9.17) is 4.74 Å². The molecule has 0 spiro atoms. The first kappa shape index (κ1) is 15.0. The minimum atomic E-state index is -0.339. The summed E-state index contributed by atoms with van der Waals surface area (Å²) >= 11 is 0. The molecule has 0 atom stereocenters. The van der Waals surface area contributed by atoms with E-state index in [0.717, 1.165) is 23.3 Å². The Morgan fingerprint density at radius 3 is 2.67 bits per heavy atom. The molecule has 0 saturated heterocycles. The van der Waals surface area contributed by atoms with Crippen molar-refractivity contribution in [3.05, 3.63) is 65.5 Å². The molecule has 0 N–H and O–H groups in total. The molecule has 21 heavy (non-hydrogen) atoms. The van der Waals surface area contributed by atoms with Crippen LogP contribution in [0.2, 0.25) is 0 Å². The van der Waals surface area contributed by atoms with Crippen LogP contribution in [0.4, 0.5) is 0 Å². The summed E-state index contributed by atoms with van der Waals surface area (Å²) in [6.45, 7) is 8.45. The lowest BCUT2D eigenvalue weighted by Crippen LogP contribution is -2.11. The van der Waals surface area contributed by atoms with Crippen molar-refractivity contribution >= 4 is 5.97 Å². The van der Waals surface area contributed by atoms with E-state index in [2.05, 4.69) is 11.7 Å². The van der Waals surface area contributed by atoms with Crippen LogP contribution in [0.5, 0.6) is 0 Å². The first-order chi connectivity index (χ1) is 10.1. The minimum Gasteiger partial charge on any atom is -0.458 e. The number of hydrogen-bond acceptors (Lipinski definition) is 3. The van der Waals surface area contributed by atoms with Crippen LogP contribution >= 0.6 is 0 Å². The average Bonchev–Trinajstić information content (AvgIpc) is 2.88. The zero-order valence-corrected chi connectivity index (χ0v) is 12.5. The van der Waals surface area contributed by atoms with Gasteiger partial charge in [-0.1, -0.05) is 43.8 Å². The second-order valence-corrected chi connectivity index (χ2v) is 5.03. The van der Waals surface area contributed by atoms with Gasteiger partial charge in [-0.3, -0.25) is 4.68 Å². The van der Waals surface area contributed by atoms with Gasteiger partial charge in [-0.15, -0.1) is 0 Å². The van der Waals surface area contributed by atoms with Crippen LogP contribution in [0.15, 0.2) is 48.7 Å². The Hall–Kier alpha value is -2.36. The predicted molar refractivity (Wildman–Crippen MR) is 82.2 cm³/mol. The average molecular weight is 284 g/mol. The number of hydrogen-bond donors (Lipinski definition) is 0. The quantitative estimate of drug-likeness (QED) is 0.604. The standard InChI is InChI=1S/C17H20N2O2/c1-4-16-15(17(20)21-12-13(2)3)10-18-19(16)11-14-8-6-5-7-9-14/h5-10H,2,4,11-12H2,1,3H3. The Labute approximate surface area is 125 Å². The van der Waals surface area contributed by atoms with Crippen molar-refractivity contribution in [1.29, 1.82) is 0 Å². The molecule has 0 saturated carbocycles. The number of ether oxygens (including phenoxy) is 1. The van der Waals surface area contributed by atoms with E-state index >= 15 is 0 Å². The fraction of sp³-hybridized carbons (Fsp3) is 0.294. The summed E-state index contributed by atoms with van der Waals surface area (Å²) in [5.41, 5.74) is 3.40. The second-order valence-electron chi connectivity index (χ2n) is 5.03. The summed E-state index contributed by atoms with van der Waals surface area (Å²) in [6, 6.07) is 10.0. The highest BCUT2D eigenvalue weighted by Crippen LogP contribution is 2.14. The van der Waals surface area contributed by atoms with E-state index in [1.165, 1.54) is 0 Å². The lowest BCUT2D eigenvalue weighted by atomic mass is 10.2. The summed E-state index contributed by atoms with van der Waals surface area (Å²) in [5.74, 6) is -0.339. The molecule has 0 unspecified atom stereocenters. The maximum atomic E-state index is 12.1. The number of esters is 1. The van der Waals surface area contributed by atoms with E-state index in [1.54, 1.807) is 6.20 Å². The molecule has 0 aliphatic rings. The van der Waals surface area contributed by atoms with Crippen LogP contribution in [-0.4, -0.2) is 22.4 Å². The highest BCUT2D eigenvalue weighted by Gasteiger charge is 2.17. The predicted octanol–water partition coefficient (Wildman–Crippen LogP) is 3.23. The van der Waals surface area contributed by atoms with Gasteiger partial charge in [-0.25, -0.2) is 4.79 Å². The van der Waals surface area contributed by atoms with Crippen LogP contribution in [0.1, 0.15) is 35.5 Å². The number of aromatic nitrogens is 2. The summed E-state index contributed by atoms with van der Waals surface area (Å²) in [6.07, 6.45) is 2.31. The van der Waals surface area contributed by atoms with Gasteiger partial charge in [0.2, 0.25) is 0 Å². The fourth-order valence-corrected chi connectivity index (χ4v) is 2.11. The number of nitrogens with zero attached hydrogens (tertiary/aromatic N) is 2. The van der Waals surface area contributed by atoms with E-state index in [9.17, 15) is 4.79 Å². The second kappa shape index (κ2) is 6.88. The molecular weight excluding hydrogens is 264 g/mol. The molecule has 1 heterocycles. The van der Waals surface area contributed by atoms with E-state index in [1.807, 2.05) is 48.9 Å². The SMILES string of the molecule is C=C(C)COC(=O)c1cnn(Cc2ccccc2)c1CC. The van der Waals surface area contributed by atoms with E-state index in [-0.39, 0.29) is 12.6 Å². The molecule has 1 aromatic heterocycles. The molecule has 4 nitrogen and oxygen atoms in total. The lowest BCUT2D eigenvalue weighted by Gasteiger charge is -2.08. The molecule has 1 aromatic carbocycles. The van der Waals surface area contributed by atoms with Crippen LogP contribution in [0, 0.1) is 0 Å².